The number of carbonyl (C=O) groups is 1. The Balaban J connectivity index is 1.67. The van der Waals surface area contributed by atoms with Crippen molar-refractivity contribution < 1.29 is 9.53 Å². The minimum Gasteiger partial charge on any atom is -0.444 e. The third-order valence-electron chi connectivity index (χ3n) is 3.72. The summed E-state index contributed by atoms with van der Waals surface area (Å²) >= 11 is 0. The van der Waals surface area contributed by atoms with Crippen LogP contribution in [0.15, 0.2) is 30.6 Å². The van der Waals surface area contributed by atoms with Crippen molar-refractivity contribution >= 4 is 22.8 Å². The van der Waals surface area contributed by atoms with Gasteiger partial charge in [-0.05, 0) is 39.3 Å². The number of nitrogens with one attached hydrogen (secondary N) is 1. The average molecular weight is 314 g/mol. The summed E-state index contributed by atoms with van der Waals surface area (Å²) < 4.78 is 5.42. The van der Waals surface area contributed by atoms with E-state index in [-0.39, 0.29) is 12.1 Å². The monoisotopic (exact) mass is 314 g/mol. The van der Waals surface area contributed by atoms with E-state index < -0.39 is 5.60 Å². The van der Waals surface area contributed by atoms with Crippen LogP contribution in [-0.2, 0) is 4.74 Å². The number of rotatable bonds is 2. The highest BCUT2D eigenvalue weighted by Crippen LogP contribution is 2.22. The number of likely N-dealkylation sites (tertiary alicyclic amines) is 1. The Bertz CT molecular complexity index is 706. The fourth-order valence-electron chi connectivity index (χ4n) is 2.68. The van der Waals surface area contributed by atoms with Crippen molar-refractivity contribution in [2.24, 2.45) is 0 Å². The summed E-state index contributed by atoms with van der Waals surface area (Å²) in [7, 11) is 0. The number of fused-ring (bicyclic) bond motifs is 1. The molecule has 6 heteroatoms. The molecule has 1 amide bonds. The molecule has 0 aliphatic carbocycles. The lowest BCUT2D eigenvalue weighted by molar-refractivity contribution is 0.0293. The highest BCUT2D eigenvalue weighted by molar-refractivity contribution is 5.88. The summed E-state index contributed by atoms with van der Waals surface area (Å²) in [6.45, 7) is 6.94. The van der Waals surface area contributed by atoms with E-state index in [1.165, 1.54) is 0 Å². The molecular formula is C17H22N4O2. The number of hydrogen-bond donors (Lipinski definition) is 1. The summed E-state index contributed by atoms with van der Waals surface area (Å²) in [4.78, 5) is 22.5. The first-order chi connectivity index (χ1) is 10.9. The Morgan fingerprint density at radius 2 is 2.09 bits per heavy atom. The lowest BCUT2D eigenvalue weighted by Crippen LogP contribution is -2.36. The van der Waals surface area contributed by atoms with E-state index in [1.54, 1.807) is 11.2 Å². The first-order valence-electron chi connectivity index (χ1n) is 7.86. The van der Waals surface area contributed by atoms with Gasteiger partial charge in [0.1, 0.15) is 17.7 Å². The smallest absolute Gasteiger partial charge is 0.410 e. The van der Waals surface area contributed by atoms with E-state index >= 15 is 0 Å². The van der Waals surface area contributed by atoms with Crippen LogP contribution in [0.25, 0.3) is 10.9 Å². The third-order valence-corrected chi connectivity index (χ3v) is 3.72. The number of anilines is 1. The van der Waals surface area contributed by atoms with Gasteiger partial charge in [0, 0.05) is 24.5 Å². The molecule has 1 saturated heterocycles. The van der Waals surface area contributed by atoms with Crippen molar-refractivity contribution in [1.82, 2.24) is 14.9 Å². The van der Waals surface area contributed by atoms with Gasteiger partial charge in [-0.15, -0.1) is 0 Å². The Morgan fingerprint density at radius 1 is 1.30 bits per heavy atom. The Morgan fingerprint density at radius 3 is 2.87 bits per heavy atom. The molecule has 122 valence electrons. The van der Waals surface area contributed by atoms with Crippen LogP contribution in [0.5, 0.6) is 0 Å². The van der Waals surface area contributed by atoms with Crippen molar-refractivity contribution in [1.29, 1.82) is 0 Å². The lowest BCUT2D eigenvalue weighted by atomic mass is 10.2. The topological polar surface area (TPSA) is 67.3 Å². The molecule has 6 nitrogen and oxygen atoms in total. The quantitative estimate of drug-likeness (QED) is 0.923. The number of amides is 1. The molecule has 0 radical (unpaired) electrons. The van der Waals surface area contributed by atoms with Gasteiger partial charge in [0.05, 0.1) is 5.52 Å². The molecule has 1 aliphatic heterocycles. The minimum atomic E-state index is -0.467. The maximum atomic E-state index is 12.1. The molecule has 0 saturated carbocycles. The normalized spacial score (nSPS) is 18.2. The molecule has 2 aromatic rings. The minimum absolute atomic E-state index is 0.167. The number of carbonyl (C=O) groups excluding carboxylic acids is 1. The fraction of sp³-hybridized carbons (Fsp3) is 0.471. The SMILES string of the molecule is CC(C)(C)OC(=O)N1CC[C@H](Nc2ncnc3ccccc23)C1. The van der Waals surface area contributed by atoms with Gasteiger partial charge in [0.25, 0.3) is 0 Å². The van der Waals surface area contributed by atoms with Gasteiger partial charge in [0.2, 0.25) is 0 Å². The van der Waals surface area contributed by atoms with E-state index in [1.807, 2.05) is 45.0 Å². The first kappa shape index (κ1) is 15.5. The molecule has 23 heavy (non-hydrogen) atoms. The maximum absolute atomic E-state index is 12.1. The average Bonchev–Trinajstić information content (AvgIpc) is 2.95. The van der Waals surface area contributed by atoms with E-state index in [2.05, 4.69) is 15.3 Å². The number of benzene rings is 1. The molecule has 1 atom stereocenters. The van der Waals surface area contributed by atoms with Crippen LogP contribution in [0.3, 0.4) is 0 Å². The second kappa shape index (κ2) is 6.02. The van der Waals surface area contributed by atoms with E-state index in [9.17, 15) is 4.79 Å². The van der Waals surface area contributed by atoms with E-state index in [0.717, 1.165) is 23.1 Å². The highest BCUT2D eigenvalue weighted by Gasteiger charge is 2.30. The predicted molar refractivity (Wildman–Crippen MR) is 89.4 cm³/mol. The Hall–Kier alpha value is -2.37. The fourth-order valence-corrected chi connectivity index (χ4v) is 2.68. The first-order valence-corrected chi connectivity index (χ1v) is 7.86. The lowest BCUT2D eigenvalue weighted by Gasteiger charge is -2.24. The standard InChI is InChI=1S/C17H22N4O2/c1-17(2,3)23-16(22)21-9-8-12(10-21)20-15-13-6-4-5-7-14(13)18-11-19-15/h4-7,11-12H,8-10H2,1-3H3,(H,18,19,20)/t12-/m0/s1. The van der Waals surface area contributed by atoms with Gasteiger partial charge >= 0.3 is 6.09 Å². The van der Waals surface area contributed by atoms with Gasteiger partial charge in [0.15, 0.2) is 0 Å². The Labute approximate surface area is 135 Å². The number of hydrogen-bond acceptors (Lipinski definition) is 5. The Kier molecular flexibility index (Phi) is 4.07. The molecule has 0 unspecified atom stereocenters. The molecular weight excluding hydrogens is 292 g/mol. The molecule has 2 heterocycles. The van der Waals surface area contributed by atoms with Crippen LogP contribution >= 0.6 is 0 Å². The van der Waals surface area contributed by atoms with Crippen molar-refractivity contribution in [2.75, 3.05) is 18.4 Å². The van der Waals surface area contributed by atoms with Crippen LogP contribution in [-0.4, -0.2) is 45.7 Å². The van der Waals surface area contributed by atoms with Gasteiger partial charge < -0.3 is 15.0 Å². The zero-order valence-electron chi connectivity index (χ0n) is 13.7. The van der Waals surface area contributed by atoms with Crippen LogP contribution in [0.1, 0.15) is 27.2 Å². The molecule has 1 N–H and O–H groups in total. The largest absolute Gasteiger partial charge is 0.444 e. The van der Waals surface area contributed by atoms with Crippen LogP contribution in [0, 0.1) is 0 Å². The zero-order chi connectivity index (χ0) is 16.4. The van der Waals surface area contributed by atoms with Gasteiger partial charge in [-0.25, -0.2) is 14.8 Å². The van der Waals surface area contributed by atoms with Gasteiger partial charge in [-0.1, -0.05) is 12.1 Å². The van der Waals surface area contributed by atoms with Crippen LogP contribution in [0.4, 0.5) is 10.6 Å². The van der Waals surface area contributed by atoms with Crippen molar-refractivity contribution in [2.45, 2.75) is 38.8 Å². The number of para-hydroxylation sites is 1. The second-order valence-electron chi connectivity index (χ2n) is 6.80. The van der Waals surface area contributed by atoms with Crippen molar-refractivity contribution in [3.8, 4) is 0 Å². The van der Waals surface area contributed by atoms with Gasteiger partial charge in [-0.2, -0.15) is 0 Å². The number of ether oxygens (including phenoxy) is 1. The summed E-state index contributed by atoms with van der Waals surface area (Å²) in [6.07, 6.45) is 2.18. The predicted octanol–water partition coefficient (Wildman–Crippen LogP) is 3.05. The molecule has 1 aromatic carbocycles. The molecule has 0 bridgehead atoms. The van der Waals surface area contributed by atoms with Crippen LogP contribution in [0.2, 0.25) is 0 Å². The third kappa shape index (κ3) is 3.70. The van der Waals surface area contributed by atoms with Crippen LogP contribution < -0.4 is 5.32 Å². The van der Waals surface area contributed by atoms with E-state index in [4.69, 9.17) is 4.74 Å². The maximum Gasteiger partial charge on any atom is 0.410 e. The number of nitrogens with zero attached hydrogens (tertiary/aromatic N) is 3. The zero-order valence-corrected chi connectivity index (χ0v) is 13.7. The summed E-state index contributed by atoms with van der Waals surface area (Å²) in [5, 5.41) is 4.42. The molecule has 1 aromatic heterocycles. The van der Waals surface area contributed by atoms with Crippen molar-refractivity contribution in [3.63, 3.8) is 0 Å². The van der Waals surface area contributed by atoms with Gasteiger partial charge in [-0.3, -0.25) is 0 Å². The number of aromatic nitrogens is 2. The molecule has 1 fully saturated rings. The van der Waals surface area contributed by atoms with E-state index in [0.29, 0.717) is 13.1 Å². The second-order valence-corrected chi connectivity index (χ2v) is 6.80. The molecule has 0 spiro atoms. The summed E-state index contributed by atoms with van der Waals surface area (Å²) in [6, 6.07) is 8.06. The molecule has 3 rings (SSSR count). The highest BCUT2D eigenvalue weighted by atomic mass is 16.6. The summed E-state index contributed by atoms with van der Waals surface area (Å²) in [5.41, 5.74) is 0.442. The summed E-state index contributed by atoms with van der Waals surface area (Å²) in [5.74, 6) is 0.812. The van der Waals surface area contributed by atoms with Crippen molar-refractivity contribution in [3.05, 3.63) is 30.6 Å². The molecule has 1 aliphatic rings.